The molecule has 0 amide bonds. The van der Waals surface area contributed by atoms with Crippen molar-refractivity contribution in [2.24, 2.45) is 0 Å². The number of Topliss-reactive ketones (excluding diaryl/α,β-unsaturated/α-hetero) is 1. The van der Waals surface area contributed by atoms with Crippen LogP contribution in [0.1, 0.15) is 26.5 Å². The molecule has 0 aliphatic rings. The van der Waals surface area contributed by atoms with Crippen LogP contribution in [0.4, 0.5) is 0 Å². The fourth-order valence-electron chi connectivity index (χ4n) is 2.49. The molecular formula is C19H15BrO5. The number of para-hydroxylation sites is 1. The molecule has 0 saturated carbocycles. The number of methoxy groups -OCH3 is 1. The number of fused-ring (bicyclic) bond motifs is 1. The van der Waals surface area contributed by atoms with E-state index in [1.54, 1.807) is 24.3 Å². The third kappa shape index (κ3) is 3.81. The van der Waals surface area contributed by atoms with Crippen molar-refractivity contribution in [3.63, 3.8) is 0 Å². The molecule has 0 unspecified atom stereocenters. The number of benzene rings is 2. The number of esters is 1. The summed E-state index contributed by atoms with van der Waals surface area (Å²) in [6.07, 6.45) is 0. The largest absolute Gasteiger partial charge is 0.451 e. The van der Waals surface area contributed by atoms with Crippen LogP contribution in [-0.4, -0.2) is 25.5 Å². The number of hydrogen-bond donors (Lipinski definition) is 0. The van der Waals surface area contributed by atoms with E-state index in [1.165, 1.54) is 7.11 Å². The predicted octanol–water partition coefficient (Wildman–Crippen LogP) is 4.38. The summed E-state index contributed by atoms with van der Waals surface area (Å²) in [4.78, 5) is 24.5. The SMILES string of the molecule is COCc1c(C(=O)OCC(=O)c2cccc(Br)c2)oc2ccccc12. The molecule has 0 aliphatic carbocycles. The minimum atomic E-state index is -0.688. The number of furan rings is 1. The minimum absolute atomic E-state index is 0.0603. The van der Waals surface area contributed by atoms with Crippen LogP contribution in [0.2, 0.25) is 0 Å². The maximum absolute atomic E-state index is 12.4. The first-order valence-corrected chi connectivity index (χ1v) is 8.34. The van der Waals surface area contributed by atoms with Gasteiger partial charge in [-0.25, -0.2) is 4.79 Å². The molecule has 5 nitrogen and oxygen atoms in total. The predicted molar refractivity (Wildman–Crippen MR) is 95.7 cm³/mol. The zero-order valence-corrected chi connectivity index (χ0v) is 15.0. The Kier molecular flexibility index (Phi) is 5.31. The second-order valence-corrected chi connectivity index (χ2v) is 6.26. The summed E-state index contributed by atoms with van der Waals surface area (Å²) in [6.45, 7) is -0.153. The van der Waals surface area contributed by atoms with Crippen LogP contribution in [0.3, 0.4) is 0 Å². The highest BCUT2D eigenvalue weighted by Gasteiger charge is 2.22. The Morgan fingerprint density at radius 3 is 2.68 bits per heavy atom. The Hall–Kier alpha value is -2.44. The van der Waals surface area contributed by atoms with Crippen molar-refractivity contribution in [3.05, 3.63) is 69.9 Å². The summed E-state index contributed by atoms with van der Waals surface area (Å²) >= 11 is 3.30. The second-order valence-electron chi connectivity index (χ2n) is 5.35. The Labute approximate surface area is 152 Å². The van der Waals surface area contributed by atoms with Gasteiger partial charge in [-0.05, 0) is 18.2 Å². The van der Waals surface area contributed by atoms with Gasteiger partial charge in [0.2, 0.25) is 5.76 Å². The third-order valence-electron chi connectivity index (χ3n) is 3.65. The molecule has 1 aromatic heterocycles. The molecule has 25 heavy (non-hydrogen) atoms. The molecule has 0 N–H and O–H groups in total. The number of carbonyl (C=O) groups is 2. The minimum Gasteiger partial charge on any atom is -0.451 e. The maximum atomic E-state index is 12.4. The van der Waals surface area contributed by atoms with Gasteiger partial charge in [0.1, 0.15) is 5.58 Å². The third-order valence-corrected chi connectivity index (χ3v) is 4.15. The molecule has 0 fully saturated rings. The molecule has 0 saturated heterocycles. The highest BCUT2D eigenvalue weighted by Crippen LogP contribution is 2.27. The van der Waals surface area contributed by atoms with E-state index in [-0.39, 0.29) is 24.8 Å². The van der Waals surface area contributed by atoms with Crippen LogP contribution >= 0.6 is 15.9 Å². The summed E-state index contributed by atoms with van der Waals surface area (Å²) < 4.78 is 16.7. The smallest absolute Gasteiger partial charge is 0.375 e. The van der Waals surface area contributed by atoms with Crippen LogP contribution in [0, 0.1) is 0 Å². The van der Waals surface area contributed by atoms with Crippen molar-refractivity contribution in [3.8, 4) is 0 Å². The summed E-state index contributed by atoms with van der Waals surface area (Å²) in [6, 6.07) is 14.2. The molecule has 0 spiro atoms. The van der Waals surface area contributed by atoms with Crippen molar-refractivity contribution in [1.29, 1.82) is 0 Å². The van der Waals surface area contributed by atoms with Gasteiger partial charge in [-0.15, -0.1) is 0 Å². The quantitative estimate of drug-likeness (QED) is 0.452. The van der Waals surface area contributed by atoms with Gasteiger partial charge in [-0.3, -0.25) is 4.79 Å². The molecule has 0 atom stereocenters. The van der Waals surface area contributed by atoms with E-state index in [1.807, 2.05) is 24.3 Å². The van der Waals surface area contributed by atoms with Crippen molar-refractivity contribution in [2.45, 2.75) is 6.61 Å². The number of ether oxygens (including phenoxy) is 2. The number of halogens is 1. The second kappa shape index (κ2) is 7.63. The van der Waals surface area contributed by atoms with E-state index in [0.29, 0.717) is 16.7 Å². The van der Waals surface area contributed by atoms with Crippen molar-refractivity contribution >= 4 is 38.7 Å². The first-order chi connectivity index (χ1) is 12.1. The summed E-state index contributed by atoms with van der Waals surface area (Å²) in [5.74, 6) is -0.921. The topological polar surface area (TPSA) is 65.7 Å². The lowest BCUT2D eigenvalue weighted by molar-refractivity contribution is 0.0441. The lowest BCUT2D eigenvalue weighted by atomic mass is 10.1. The number of ketones is 1. The normalized spacial score (nSPS) is 10.8. The molecule has 3 aromatic rings. The van der Waals surface area contributed by atoms with Crippen LogP contribution in [-0.2, 0) is 16.1 Å². The number of hydrogen-bond acceptors (Lipinski definition) is 5. The highest BCUT2D eigenvalue weighted by molar-refractivity contribution is 9.10. The molecule has 128 valence electrons. The molecule has 0 radical (unpaired) electrons. The Bertz CT molecular complexity index is 928. The molecule has 6 heteroatoms. The van der Waals surface area contributed by atoms with Gasteiger partial charge < -0.3 is 13.9 Å². The van der Waals surface area contributed by atoms with Gasteiger partial charge in [0.25, 0.3) is 0 Å². The first-order valence-electron chi connectivity index (χ1n) is 7.55. The summed E-state index contributed by atoms with van der Waals surface area (Å²) in [5.41, 5.74) is 1.64. The summed E-state index contributed by atoms with van der Waals surface area (Å²) in [7, 11) is 1.54. The van der Waals surface area contributed by atoms with Gasteiger partial charge in [-0.2, -0.15) is 0 Å². The average molecular weight is 403 g/mol. The van der Waals surface area contributed by atoms with Crippen LogP contribution < -0.4 is 0 Å². The average Bonchev–Trinajstić information content (AvgIpc) is 2.98. The van der Waals surface area contributed by atoms with Gasteiger partial charge in [0.15, 0.2) is 12.4 Å². The van der Waals surface area contributed by atoms with Gasteiger partial charge in [0.05, 0.1) is 6.61 Å². The fourth-order valence-corrected chi connectivity index (χ4v) is 2.89. The Morgan fingerprint density at radius 2 is 1.92 bits per heavy atom. The lowest BCUT2D eigenvalue weighted by Gasteiger charge is -2.05. The maximum Gasteiger partial charge on any atom is 0.375 e. The number of rotatable bonds is 6. The first kappa shape index (κ1) is 17.4. The number of carbonyl (C=O) groups excluding carboxylic acids is 2. The lowest BCUT2D eigenvalue weighted by Crippen LogP contribution is -2.15. The Morgan fingerprint density at radius 1 is 1.12 bits per heavy atom. The standard InChI is InChI=1S/C19H15BrO5/c1-23-10-15-14-7-2-3-8-17(14)25-18(15)19(22)24-11-16(21)12-5-4-6-13(20)9-12/h2-9H,10-11H2,1H3. The van der Waals surface area contributed by atoms with Crippen molar-refractivity contribution in [1.82, 2.24) is 0 Å². The molecule has 3 rings (SSSR count). The zero-order valence-electron chi connectivity index (χ0n) is 13.5. The van der Waals surface area contributed by atoms with E-state index in [4.69, 9.17) is 13.9 Å². The molecular weight excluding hydrogens is 388 g/mol. The van der Waals surface area contributed by atoms with Crippen LogP contribution in [0.25, 0.3) is 11.0 Å². The van der Waals surface area contributed by atoms with Gasteiger partial charge in [0, 0.05) is 28.1 Å². The molecule has 2 aromatic carbocycles. The molecule has 0 aliphatic heterocycles. The van der Waals surface area contributed by atoms with Crippen molar-refractivity contribution in [2.75, 3.05) is 13.7 Å². The van der Waals surface area contributed by atoms with Crippen LogP contribution in [0.15, 0.2) is 57.4 Å². The highest BCUT2D eigenvalue weighted by atomic mass is 79.9. The summed E-state index contributed by atoms with van der Waals surface area (Å²) in [5, 5.41) is 0.787. The van der Waals surface area contributed by atoms with Crippen LogP contribution in [0.5, 0.6) is 0 Å². The molecule has 1 heterocycles. The van der Waals surface area contributed by atoms with E-state index in [9.17, 15) is 9.59 Å². The molecule has 0 bridgehead atoms. The van der Waals surface area contributed by atoms with E-state index in [0.717, 1.165) is 9.86 Å². The monoisotopic (exact) mass is 402 g/mol. The van der Waals surface area contributed by atoms with E-state index >= 15 is 0 Å². The van der Waals surface area contributed by atoms with Crippen molar-refractivity contribution < 1.29 is 23.5 Å². The Balaban J connectivity index is 1.78. The van der Waals surface area contributed by atoms with E-state index in [2.05, 4.69) is 15.9 Å². The van der Waals surface area contributed by atoms with Gasteiger partial charge in [-0.1, -0.05) is 46.3 Å². The van der Waals surface area contributed by atoms with E-state index < -0.39 is 5.97 Å². The fraction of sp³-hybridized carbons (Fsp3) is 0.158. The van der Waals surface area contributed by atoms with Gasteiger partial charge >= 0.3 is 5.97 Å². The zero-order chi connectivity index (χ0) is 17.8.